The number of rotatable bonds is 7. The van der Waals surface area contributed by atoms with Crippen molar-refractivity contribution in [3.8, 4) is 11.1 Å². The zero-order chi connectivity index (χ0) is 22.7. The van der Waals surface area contributed by atoms with Crippen molar-refractivity contribution in [3.63, 3.8) is 0 Å². The van der Waals surface area contributed by atoms with Crippen molar-refractivity contribution in [1.82, 2.24) is 13.5 Å². The normalized spacial score (nSPS) is 15.7. The van der Waals surface area contributed by atoms with Crippen molar-refractivity contribution < 1.29 is 4.74 Å². The van der Waals surface area contributed by atoms with E-state index in [-0.39, 0.29) is 11.6 Å². The molecule has 0 saturated carbocycles. The van der Waals surface area contributed by atoms with E-state index in [1.807, 2.05) is 41.6 Å². The molecule has 1 aliphatic rings. The molecule has 32 heavy (non-hydrogen) atoms. The fourth-order valence-corrected chi connectivity index (χ4v) is 5.25. The summed E-state index contributed by atoms with van der Waals surface area (Å²) < 4.78 is 9.23. The maximum absolute atomic E-state index is 13.0. The molecule has 4 heterocycles. The second-order valence-corrected chi connectivity index (χ2v) is 9.26. The van der Waals surface area contributed by atoms with E-state index in [4.69, 9.17) is 9.72 Å². The Kier molecular flexibility index (Phi) is 7.22. The molecular formula is C24H25IN4O2S. The Morgan fingerprint density at radius 2 is 2.09 bits per heavy atom. The number of hydrogen-bond donors (Lipinski definition) is 0. The molecule has 1 fully saturated rings. The fourth-order valence-electron chi connectivity index (χ4n) is 4.00. The van der Waals surface area contributed by atoms with E-state index in [9.17, 15) is 4.79 Å². The quantitative estimate of drug-likeness (QED) is 0.286. The van der Waals surface area contributed by atoms with Crippen LogP contribution < -0.4 is 10.5 Å². The molecular weight excluding hydrogens is 535 g/mol. The molecule has 1 saturated heterocycles. The average Bonchev–Trinajstić information content (AvgIpc) is 3.20. The Morgan fingerprint density at radius 3 is 2.75 bits per heavy atom. The number of hydrogen-bond acceptors (Lipinski definition) is 5. The molecule has 166 valence electrons. The van der Waals surface area contributed by atoms with Gasteiger partial charge in [-0.3, -0.25) is 8.77 Å². The SMILES string of the molecule is C=C/C=C(\C=C)C(C)n1ccc(-c2cn(SI)c3ncc(N4CCOCC4)cc23)cc1=O. The number of morpholine rings is 1. The Morgan fingerprint density at radius 1 is 1.31 bits per heavy atom. The van der Waals surface area contributed by atoms with Crippen LogP contribution in [0.4, 0.5) is 5.69 Å². The predicted molar refractivity (Wildman–Crippen MR) is 143 cm³/mol. The molecule has 0 bridgehead atoms. The molecule has 3 aromatic rings. The van der Waals surface area contributed by atoms with E-state index in [2.05, 4.69) is 45.3 Å². The zero-order valence-electron chi connectivity index (χ0n) is 17.9. The van der Waals surface area contributed by atoms with Gasteiger partial charge in [-0.15, -0.1) is 0 Å². The summed E-state index contributed by atoms with van der Waals surface area (Å²) >= 11 is 2.25. The van der Waals surface area contributed by atoms with Gasteiger partial charge in [0.2, 0.25) is 0 Å². The van der Waals surface area contributed by atoms with E-state index in [1.165, 1.54) is 0 Å². The Balaban J connectivity index is 1.77. The lowest BCUT2D eigenvalue weighted by Gasteiger charge is -2.28. The Labute approximate surface area is 204 Å². The number of halogens is 1. The van der Waals surface area contributed by atoms with Gasteiger partial charge in [-0.05, 0) is 30.2 Å². The van der Waals surface area contributed by atoms with Crippen molar-refractivity contribution >= 4 is 47.0 Å². The highest BCUT2D eigenvalue weighted by Crippen LogP contribution is 2.35. The van der Waals surface area contributed by atoms with Crippen LogP contribution in [0.5, 0.6) is 0 Å². The number of aromatic nitrogens is 3. The van der Waals surface area contributed by atoms with Crippen LogP contribution in [0.1, 0.15) is 13.0 Å². The van der Waals surface area contributed by atoms with E-state index >= 15 is 0 Å². The summed E-state index contributed by atoms with van der Waals surface area (Å²) in [6, 6.07) is 5.73. The van der Waals surface area contributed by atoms with Crippen molar-refractivity contribution in [1.29, 1.82) is 0 Å². The van der Waals surface area contributed by atoms with Crippen LogP contribution >= 0.6 is 30.3 Å². The number of pyridine rings is 2. The third-order valence-corrected chi connectivity index (χ3v) is 7.45. The van der Waals surface area contributed by atoms with Crippen LogP contribution in [0.15, 0.2) is 78.5 Å². The van der Waals surface area contributed by atoms with Gasteiger partial charge in [0.25, 0.3) is 5.56 Å². The number of allylic oxidation sites excluding steroid dienone is 4. The van der Waals surface area contributed by atoms with Crippen molar-refractivity contribution in [2.24, 2.45) is 0 Å². The number of ether oxygens (including phenoxy) is 1. The molecule has 0 aliphatic carbocycles. The zero-order valence-corrected chi connectivity index (χ0v) is 20.9. The van der Waals surface area contributed by atoms with Gasteiger partial charge in [-0.1, -0.05) is 31.4 Å². The van der Waals surface area contributed by atoms with Gasteiger partial charge in [0.15, 0.2) is 5.65 Å². The summed E-state index contributed by atoms with van der Waals surface area (Å²) in [4.78, 5) is 20.1. The molecule has 1 unspecified atom stereocenters. The lowest BCUT2D eigenvalue weighted by molar-refractivity contribution is 0.122. The summed E-state index contributed by atoms with van der Waals surface area (Å²) in [5.74, 6) is 0. The second kappa shape index (κ2) is 10.1. The van der Waals surface area contributed by atoms with E-state index in [0.29, 0.717) is 0 Å². The van der Waals surface area contributed by atoms with E-state index in [1.54, 1.807) is 31.9 Å². The minimum atomic E-state index is -0.132. The number of fused-ring (bicyclic) bond motifs is 1. The van der Waals surface area contributed by atoms with Crippen LogP contribution in [0.3, 0.4) is 0 Å². The van der Waals surface area contributed by atoms with E-state index < -0.39 is 0 Å². The highest BCUT2D eigenvalue weighted by atomic mass is 127. The Hall–Kier alpha value is -2.30. The first kappa shape index (κ1) is 22.9. The summed E-state index contributed by atoms with van der Waals surface area (Å²) in [6.07, 6.45) is 11.2. The second-order valence-electron chi connectivity index (χ2n) is 7.55. The molecule has 8 heteroatoms. The molecule has 0 N–H and O–H groups in total. The molecule has 0 amide bonds. The number of nitrogens with zero attached hydrogens (tertiary/aromatic N) is 4. The first-order chi connectivity index (χ1) is 15.6. The topological polar surface area (TPSA) is 52.3 Å². The summed E-state index contributed by atoms with van der Waals surface area (Å²) in [5, 5.41) is 1.03. The van der Waals surface area contributed by atoms with Crippen LogP contribution in [0.25, 0.3) is 22.2 Å². The Bertz CT molecular complexity index is 1240. The van der Waals surface area contributed by atoms with Crippen molar-refractivity contribution in [3.05, 3.63) is 84.1 Å². The largest absolute Gasteiger partial charge is 0.378 e. The molecule has 0 radical (unpaired) electrons. The highest BCUT2D eigenvalue weighted by molar-refractivity contribution is 14.2. The summed E-state index contributed by atoms with van der Waals surface area (Å²) in [5.41, 5.74) is 4.71. The molecule has 1 atom stereocenters. The van der Waals surface area contributed by atoms with Crippen LogP contribution in [-0.2, 0) is 4.74 Å². The molecule has 4 rings (SSSR count). The average molecular weight is 560 g/mol. The lowest BCUT2D eigenvalue weighted by Crippen LogP contribution is -2.36. The van der Waals surface area contributed by atoms with E-state index in [0.717, 1.165) is 59.7 Å². The smallest absolute Gasteiger partial charge is 0.251 e. The van der Waals surface area contributed by atoms with Crippen LogP contribution in [-0.4, -0.2) is 39.8 Å². The first-order valence-corrected chi connectivity index (χ1v) is 13.7. The standard InChI is InChI=1S/C24H25IN4O2S/c1-4-6-18(5-2)17(3)28-8-7-19(13-23(28)30)22-16-29(32-25)24-21(22)14-20(15-26-24)27-9-11-31-12-10-27/h4-8,13-17H,1-2,9-12H2,3H3/b18-6+. The fraction of sp³-hybridized carbons (Fsp3) is 0.250. The third-order valence-electron chi connectivity index (χ3n) is 5.75. The predicted octanol–water partition coefficient (Wildman–Crippen LogP) is 5.41. The van der Waals surface area contributed by atoms with Gasteiger partial charge >= 0.3 is 0 Å². The first-order valence-electron chi connectivity index (χ1n) is 10.4. The number of anilines is 1. The monoisotopic (exact) mass is 560 g/mol. The van der Waals surface area contributed by atoms with Crippen LogP contribution in [0.2, 0.25) is 0 Å². The molecule has 0 aromatic carbocycles. The van der Waals surface area contributed by atoms with Gasteiger partial charge < -0.3 is 14.2 Å². The van der Waals surface area contributed by atoms with Gasteiger partial charge in [-0.2, -0.15) is 0 Å². The highest BCUT2D eigenvalue weighted by Gasteiger charge is 2.18. The molecule has 0 spiro atoms. The maximum atomic E-state index is 13.0. The van der Waals surface area contributed by atoms with Gasteiger partial charge in [-0.25, -0.2) is 4.98 Å². The molecule has 6 nitrogen and oxygen atoms in total. The van der Waals surface area contributed by atoms with Gasteiger partial charge in [0, 0.05) is 72.8 Å². The summed E-state index contributed by atoms with van der Waals surface area (Å²) in [7, 11) is 1.56. The third kappa shape index (κ3) is 4.44. The molecule has 3 aromatic heterocycles. The minimum Gasteiger partial charge on any atom is -0.378 e. The maximum Gasteiger partial charge on any atom is 0.251 e. The van der Waals surface area contributed by atoms with Gasteiger partial charge in [0.1, 0.15) is 0 Å². The van der Waals surface area contributed by atoms with Crippen LogP contribution in [0, 0.1) is 0 Å². The van der Waals surface area contributed by atoms with Crippen molar-refractivity contribution in [2.45, 2.75) is 13.0 Å². The molecule has 1 aliphatic heterocycles. The minimum absolute atomic E-state index is 0.0628. The summed E-state index contributed by atoms with van der Waals surface area (Å²) in [6.45, 7) is 12.7. The lowest BCUT2D eigenvalue weighted by atomic mass is 10.1. The van der Waals surface area contributed by atoms with Crippen molar-refractivity contribution in [2.75, 3.05) is 31.2 Å². The van der Waals surface area contributed by atoms with Gasteiger partial charge in [0.05, 0.1) is 31.1 Å².